The first kappa shape index (κ1) is 11.7. The number of rotatable bonds is 6. The highest BCUT2D eigenvalue weighted by Crippen LogP contribution is 2.04. The van der Waals surface area contributed by atoms with Crippen LogP contribution < -0.4 is 5.32 Å². The van der Waals surface area contributed by atoms with Gasteiger partial charge in [-0.2, -0.15) is 0 Å². The molecule has 0 aromatic heterocycles. The fraction of sp³-hybridized carbons (Fsp3) is 0.308. The van der Waals surface area contributed by atoms with E-state index in [-0.39, 0.29) is 5.78 Å². The van der Waals surface area contributed by atoms with Gasteiger partial charge in [0.15, 0.2) is 5.78 Å². The van der Waals surface area contributed by atoms with Gasteiger partial charge in [0.25, 0.3) is 0 Å². The lowest BCUT2D eigenvalue weighted by Gasteiger charge is -2.02. The Morgan fingerprint density at radius 1 is 1.53 bits per heavy atom. The Labute approximate surface area is 91.0 Å². The number of aryl methyl sites for hydroxylation is 1. The molecule has 0 aliphatic carbocycles. The molecular formula is C13H17NO. The lowest BCUT2D eigenvalue weighted by molar-refractivity contribution is -0.117. The molecule has 0 aliphatic rings. The fourth-order valence-electron chi connectivity index (χ4n) is 1.43. The molecule has 1 rings (SSSR count). The lowest BCUT2D eigenvalue weighted by atomic mass is 10.1. The number of nitrogens with one attached hydrogen (secondary N) is 1. The molecule has 0 amide bonds. The largest absolute Gasteiger partial charge is 0.307 e. The van der Waals surface area contributed by atoms with E-state index in [0.29, 0.717) is 19.5 Å². The Morgan fingerprint density at radius 2 is 2.33 bits per heavy atom. The van der Waals surface area contributed by atoms with Gasteiger partial charge in [-0.15, -0.1) is 6.58 Å². The molecular weight excluding hydrogens is 186 g/mol. The third-order valence-corrected chi connectivity index (χ3v) is 2.09. The van der Waals surface area contributed by atoms with Crippen LogP contribution in [0.25, 0.3) is 0 Å². The molecule has 0 spiro atoms. The number of hydrogen-bond acceptors (Lipinski definition) is 2. The highest BCUT2D eigenvalue weighted by Gasteiger charge is 2.02. The molecule has 2 heteroatoms. The highest BCUT2D eigenvalue weighted by atomic mass is 16.1. The molecule has 0 saturated carbocycles. The zero-order chi connectivity index (χ0) is 11.1. The van der Waals surface area contributed by atoms with E-state index >= 15 is 0 Å². The second kappa shape index (κ2) is 6.14. The SMILES string of the molecule is C=CCNCC(=O)Cc1cccc(C)c1. The maximum Gasteiger partial charge on any atom is 0.150 e. The Balaban J connectivity index is 2.40. The summed E-state index contributed by atoms with van der Waals surface area (Å²) < 4.78 is 0. The number of benzene rings is 1. The molecule has 80 valence electrons. The van der Waals surface area contributed by atoms with Crippen molar-refractivity contribution >= 4 is 5.78 Å². The van der Waals surface area contributed by atoms with Crippen molar-refractivity contribution in [2.45, 2.75) is 13.3 Å². The minimum atomic E-state index is 0.211. The van der Waals surface area contributed by atoms with Crippen molar-refractivity contribution in [3.63, 3.8) is 0 Å². The van der Waals surface area contributed by atoms with Crippen LogP contribution in [0.3, 0.4) is 0 Å². The number of carbonyl (C=O) groups excluding carboxylic acids is 1. The van der Waals surface area contributed by atoms with Crippen LogP contribution in [0.4, 0.5) is 0 Å². The molecule has 0 atom stereocenters. The van der Waals surface area contributed by atoms with E-state index in [1.54, 1.807) is 6.08 Å². The van der Waals surface area contributed by atoms with Crippen LogP contribution >= 0.6 is 0 Å². The summed E-state index contributed by atoms with van der Waals surface area (Å²) in [6, 6.07) is 8.04. The Hall–Kier alpha value is -1.41. The average Bonchev–Trinajstić information content (AvgIpc) is 2.18. The molecule has 0 saturated heterocycles. The second-order valence-electron chi connectivity index (χ2n) is 3.62. The molecule has 0 bridgehead atoms. The predicted molar refractivity (Wildman–Crippen MR) is 63.0 cm³/mol. The zero-order valence-electron chi connectivity index (χ0n) is 9.12. The zero-order valence-corrected chi connectivity index (χ0v) is 9.12. The van der Waals surface area contributed by atoms with Crippen molar-refractivity contribution in [1.82, 2.24) is 5.32 Å². The van der Waals surface area contributed by atoms with Gasteiger partial charge in [-0.05, 0) is 12.5 Å². The minimum Gasteiger partial charge on any atom is -0.307 e. The number of carbonyl (C=O) groups is 1. The molecule has 1 aromatic carbocycles. The standard InChI is InChI=1S/C13H17NO/c1-3-7-14-10-13(15)9-12-6-4-5-11(2)8-12/h3-6,8,14H,1,7,9-10H2,2H3. The first-order valence-electron chi connectivity index (χ1n) is 5.11. The van der Waals surface area contributed by atoms with Gasteiger partial charge >= 0.3 is 0 Å². The van der Waals surface area contributed by atoms with Gasteiger partial charge < -0.3 is 5.32 Å². The maximum absolute atomic E-state index is 11.5. The van der Waals surface area contributed by atoms with E-state index in [9.17, 15) is 4.79 Å². The smallest absolute Gasteiger partial charge is 0.150 e. The third kappa shape index (κ3) is 4.56. The first-order chi connectivity index (χ1) is 7.22. The van der Waals surface area contributed by atoms with Gasteiger partial charge in [0.2, 0.25) is 0 Å². The summed E-state index contributed by atoms with van der Waals surface area (Å²) in [6.07, 6.45) is 2.26. The van der Waals surface area contributed by atoms with Crippen molar-refractivity contribution in [2.75, 3.05) is 13.1 Å². The summed E-state index contributed by atoms with van der Waals surface area (Å²) in [7, 11) is 0. The summed E-state index contributed by atoms with van der Waals surface area (Å²) >= 11 is 0. The maximum atomic E-state index is 11.5. The Morgan fingerprint density at radius 3 is 3.00 bits per heavy atom. The minimum absolute atomic E-state index is 0.211. The van der Waals surface area contributed by atoms with Gasteiger partial charge in [-0.3, -0.25) is 4.79 Å². The van der Waals surface area contributed by atoms with Crippen LogP contribution in [0, 0.1) is 6.92 Å². The lowest BCUT2D eigenvalue weighted by Crippen LogP contribution is -2.24. The molecule has 1 N–H and O–H groups in total. The van der Waals surface area contributed by atoms with E-state index in [4.69, 9.17) is 0 Å². The molecule has 0 radical (unpaired) electrons. The van der Waals surface area contributed by atoms with Crippen molar-refractivity contribution in [2.24, 2.45) is 0 Å². The molecule has 15 heavy (non-hydrogen) atoms. The monoisotopic (exact) mass is 203 g/mol. The van der Waals surface area contributed by atoms with Crippen LogP contribution in [0.5, 0.6) is 0 Å². The summed E-state index contributed by atoms with van der Waals surface area (Å²) in [5.41, 5.74) is 2.28. The molecule has 0 heterocycles. The van der Waals surface area contributed by atoms with E-state index < -0.39 is 0 Å². The summed E-state index contributed by atoms with van der Waals surface area (Å²) in [5.74, 6) is 0.211. The predicted octanol–water partition coefficient (Wildman–Crippen LogP) is 1.88. The third-order valence-electron chi connectivity index (χ3n) is 2.09. The molecule has 1 aromatic rings. The fourth-order valence-corrected chi connectivity index (χ4v) is 1.43. The highest BCUT2D eigenvalue weighted by molar-refractivity contribution is 5.82. The second-order valence-corrected chi connectivity index (χ2v) is 3.62. The van der Waals surface area contributed by atoms with E-state index in [0.717, 1.165) is 5.56 Å². The number of ketones is 1. The summed E-state index contributed by atoms with van der Waals surface area (Å²) in [5, 5.41) is 3.00. The molecule has 0 aliphatic heterocycles. The number of Topliss-reactive ketones (excluding diaryl/α,β-unsaturated/α-hetero) is 1. The van der Waals surface area contributed by atoms with Gasteiger partial charge in [0.1, 0.15) is 0 Å². The van der Waals surface area contributed by atoms with E-state index in [1.807, 2.05) is 31.2 Å². The Kier molecular flexibility index (Phi) is 4.78. The van der Waals surface area contributed by atoms with Crippen LogP contribution in [0.15, 0.2) is 36.9 Å². The van der Waals surface area contributed by atoms with Gasteiger partial charge in [0, 0.05) is 13.0 Å². The molecule has 2 nitrogen and oxygen atoms in total. The average molecular weight is 203 g/mol. The van der Waals surface area contributed by atoms with E-state index in [2.05, 4.69) is 11.9 Å². The van der Waals surface area contributed by atoms with Crippen LogP contribution in [-0.2, 0) is 11.2 Å². The first-order valence-corrected chi connectivity index (χ1v) is 5.11. The summed E-state index contributed by atoms with van der Waals surface area (Å²) in [6.45, 7) is 6.71. The quantitative estimate of drug-likeness (QED) is 0.565. The van der Waals surface area contributed by atoms with Gasteiger partial charge in [0.05, 0.1) is 6.54 Å². The van der Waals surface area contributed by atoms with Crippen molar-refractivity contribution in [3.05, 3.63) is 48.0 Å². The van der Waals surface area contributed by atoms with Crippen molar-refractivity contribution < 1.29 is 4.79 Å². The van der Waals surface area contributed by atoms with E-state index in [1.165, 1.54) is 5.56 Å². The van der Waals surface area contributed by atoms with Gasteiger partial charge in [-0.1, -0.05) is 35.9 Å². The van der Waals surface area contributed by atoms with Crippen LogP contribution in [0.2, 0.25) is 0 Å². The van der Waals surface area contributed by atoms with Crippen LogP contribution in [-0.4, -0.2) is 18.9 Å². The normalized spacial score (nSPS) is 9.93. The Bertz CT molecular complexity index is 344. The van der Waals surface area contributed by atoms with Crippen molar-refractivity contribution in [3.8, 4) is 0 Å². The van der Waals surface area contributed by atoms with Crippen LogP contribution in [0.1, 0.15) is 11.1 Å². The van der Waals surface area contributed by atoms with Gasteiger partial charge in [-0.25, -0.2) is 0 Å². The molecule has 0 unspecified atom stereocenters. The summed E-state index contributed by atoms with van der Waals surface area (Å²) in [4.78, 5) is 11.5. The van der Waals surface area contributed by atoms with Crippen molar-refractivity contribution in [1.29, 1.82) is 0 Å². The number of hydrogen-bond donors (Lipinski definition) is 1. The topological polar surface area (TPSA) is 29.1 Å². The molecule has 0 fully saturated rings.